The van der Waals surface area contributed by atoms with Crippen LogP contribution in [0.2, 0.25) is 0 Å². The van der Waals surface area contributed by atoms with Crippen LogP contribution in [0.15, 0.2) is 54.6 Å². The van der Waals surface area contributed by atoms with Crippen LogP contribution in [0.5, 0.6) is 5.75 Å². The van der Waals surface area contributed by atoms with Crippen LogP contribution in [0.1, 0.15) is 42.7 Å². The van der Waals surface area contributed by atoms with Crippen LogP contribution in [-0.2, 0) is 6.54 Å². The Morgan fingerprint density at radius 3 is 2.29 bits per heavy atom. The number of nitrogens with two attached hydrogens (primary N) is 1. The number of halogens is 3. The molecule has 0 saturated carbocycles. The lowest BCUT2D eigenvalue weighted by Gasteiger charge is -2.32. The first-order chi connectivity index (χ1) is 16.0. The van der Waals surface area contributed by atoms with Crippen molar-refractivity contribution in [1.29, 1.82) is 0 Å². The predicted octanol–water partition coefficient (Wildman–Crippen LogP) is 5.10. The minimum atomic E-state index is -4.74. The Kier molecular flexibility index (Phi) is 8.22. The van der Waals surface area contributed by atoms with E-state index in [2.05, 4.69) is 23.5 Å². The van der Waals surface area contributed by atoms with Crippen molar-refractivity contribution in [1.82, 2.24) is 9.47 Å². The number of nitrogens with zero attached hydrogens (tertiary/aromatic N) is 2. The summed E-state index contributed by atoms with van der Waals surface area (Å²) in [7, 11) is 0. The summed E-state index contributed by atoms with van der Waals surface area (Å²) in [5.74, 6) is -1.38. The van der Waals surface area contributed by atoms with Crippen molar-refractivity contribution in [3.63, 3.8) is 0 Å². The smallest absolute Gasteiger partial charge is 0.477 e. The second-order valence-corrected chi connectivity index (χ2v) is 8.64. The van der Waals surface area contributed by atoms with Crippen molar-refractivity contribution in [3.05, 3.63) is 65.9 Å². The molecule has 184 valence electrons. The van der Waals surface area contributed by atoms with Crippen LogP contribution < -0.4 is 10.5 Å². The molecule has 3 N–H and O–H groups in total. The van der Waals surface area contributed by atoms with Crippen molar-refractivity contribution in [3.8, 4) is 5.75 Å². The highest BCUT2D eigenvalue weighted by Crippen LogP contribution is 2.25. The molecule has 3 aromatic rings. The highest BCUT2D eigenvalue weighted by atomic mass is 19.4. The molecule has 1 saturated heterocycles. The SMILES string of the molecule is CC(C)N1CCC(N)CC1.O=C(O)c1cc2ccccc2n1Cc1ccc(OC(F)(F)F)cc1. The van der Waals surface area contributed by atoms with Gasteiger partial charge in [-0.05, 0) is 69.6 Å². The van der Waals surface area contributed by atoms with Crippen molar-refractivity contribution in [2.75, 3.05) is 13.1 Å². The molecule has 0 radical (unpaired) electrons. The standard InChI is InChI=1S/C17H12F3NO3.C8H18N2/c18-17(19,20)24-13-7-5-11(6-8-13)10-21-14-4-2-1-3-12(14)9-15(21)16(22)23;1-7(2)10-5-3-8(9)4-6-10/h1-9H,10H2,(H,22,23);7-8H,3-6,9H2,1-2H3. The summed E-state index contributed by atoms with van der Waals surface area (Å²) in [4.78, 5) is 13.9. The number of carboxylic acids is 1. The Hall–Kier alpha value is -3.04. The maximum Gasteiger partial charge on any atom is 0.573 e. The quantitative estimate of drug-likeness (QED) is 0.534. The summed E-state index contributed by atoms with van der Waals surface area (Å²) < 4.78 is 41.9. The van der Waals surface area contributed by atoms with Gasteiger partial charge in [0.15, 0.2) is 0 Å². The lowest BCUT2D eigenvalue weighted by molar-refractivity contribution is -0.274. The van der Waals surface area contributed by atoms with Gasteiger partial charge in [-0.2, -0.15) is 0 Å². The zero-order chi connectivity index (χ0) is 24.9. The van der Waals surface area contributed by atoms with Gasteiger partial charge in [0.25, 0.3) is 0 Å². The van der Waals surface area contributed by atoms with E-state index in [1.165, 1.54) is 50.2 Å². The average molecular weight is 478 g/mol. The number of para-hydroxylation sites is 1. The van der Waals surface area contributed by atoms with Crippen LogP contribution >= 0.6 is 0 Å². The van der Waals surface area contributed by atoms with E-state index >= 15 is 0 Å². The Bertz CT molecular complexity index is 1090. The average Bonchev–Trinajstić information content (AvgIpc) is 3.14. The Morgan fingerprint density at radius 2 is 1.74 bits per heavy atom. The maximum absolute atomic E-state index is 12.2. The fourth-order valence-electron chi connectivity index (χ4n) is 3.97. The van der Waals surface area contributed by atoms with E-state index in [0.29, 0.717) is 17.6 Å². The summed E-state index contributed by atoms with van der Waals surface area (Å²) in [5, 5.41) is 10.1. The van der Waals surface area contributed by atoms with E-state index < -0.39 is 12.3 Å². The topological polar surface area (TPSA) is 80.7 Å². The van der Waals surface area contributed by atoms with Crippen LogP contribution in [0, 0.1) is 0 Å². The molecule has 9 heteroatoms. The van der Waals surface area contributed by atoms with Gasteiger partial charge in [0, 0.05) is 29.5 Å². The lowest BCUT2D eigenvalue weighted by Crippen LogP contribution is -2.42. The van der Waals surface area contributed by atoms with Crippen LogP contribution in [-0.4, -0.2) is 52.1 Å². The van der Waals surface area contributed by atoms with E-state index in [4.69, 9.17) is 5.73 Å². The highest BCUT2D eigenvalue weighted by Gasteiger charge is 2.31. The number of aromatic carboxylic acids is 1. The summed E-state index contributed by atoms with van der Waals surface area (Å²) >= 11 is 0. The van der Waals surface area contributed by atoms with Crippen LogP contribution in [0.3, 0.4) is 0 Å². The number of carbonyl (C=O) groups is 1. The third-order valence-electron chi connectivity index (χ3n) is 5.83. The highest BCUT2D eigenvalue weighted by molar-refractivity contribution is 5.94. The van der Waals surface area contributed by atoms with Gasteiger partial charge in [0.1, 0.15) is 11.4 Å². The molecule has 0 spiro atoms. The number of aromatic nitrogens is 1. The fraction of sp³-hybridized carbons (Fsp3) is 0.400. The second-order valence-electron chi connectivity index (χ2n) is 8.64. The van der Waals surface area contributed by atoms with Gasteiger partial charge in [-0.3, -0.25) is 0 Å². The molecular weight excluding hydrogens is 447 g/mol. The molecule has 34 heavy (non-hydrogen) atoms. The molecule has 0 unspecified atom stereocenters. The zero-order valence-corrected chi connectivity index (χ0v) is 19.3. The Labute approximate surface area is 196 Å². The van der Waals surface area contributed by atoms with E-state index in [9.17, 15) is 23.1 Å². The second kappa shape index (κ2) is 10.9. The minimum absolute atomic E-state index is 0.117. The van der Waals surface area contributed by atoms with E-state index in [0.717, 1.165) is 10.9 Å². The third-order valence-corrected chi connectivity index (χ3v) is 5.83. The molecule has 1 aliphatic rings. The van der Waals surface area contributed by atoms with Crippen molar-refractivity contribution < 1.29 is 27.8 Å². The number of rotatable bonds is 5. The number of hydrogen-bond donors (Lipinski definition) is 2. The van der Waals surface area contributed by atoms with Gasteiger partial charge in [0.05, 0.1) is 0 Å². The maximum atomic E-state index is 12.2. The van der Waals surface area contributed by atoms with E-state index in [1.54, 1.807) is 28.8 Å². The van der Waals surface area contributed by atoms with Crippen LogP contribution in [0.25, 0.3) is 10.9 Å². The molecule has 2 heterocycles. The first-order valence-electron chi connectivity index (χ1n) is 11.2. The molecule has 6 nitrogen and oxygen atoms in total. The number of piperidine rings is 1. The van der Waals surface area contributed by atoms with E-state index in [1.807, 2.05) is 6.07 Å². The van der Waals surface area contributed by atoms with Gasteiger partial charge in [-0.25, -0.2) is 4.79 Å². The molecule has 0 bridgehead atoms. The van der Waals surface area contributed by atoms with E-state index in [-0.39, 0.29) is 18.0 Å². The number of carboxylic acid groups (broad SMARTS) is 1. The molecule has 1 aromatic heterocycles. The first-order valence-corrected chi connectivity index (χ1v) is 11.2. The van der Waals surface area contributed by atoms with Crippen molar-refractivity contribution in [2.24, 2.45) is 5.73 Å². The number of likely N-dealkylation sites (tertiary alicyclic amines) is 1. The molecule has 4 rings (SSSR count). The largest absolute Gasteiger partial charge is 0.573 e. The predicted molar refractivity (Wildman–Crippen MR) is 125 cm³/mol. The summed E-state index contributed by atoms with van der Waals surface area (Å²) in [6.45, 7) is 7.10. The summed E-state index contributed by atoms with van der Waals surface area (Å²) in [6, 6.07) is 15.3. The fourth-order valence-corrected chi connectivity index (χ4v) is 3.97. The van der Waals surface area contributed by atoms with Crippen molar-refractivity contribution >= 4 is 16.9 Å². The number of fused-ring (bicyclic) bond motifs is 1. The number of benzene rings is 2. The van der Waals surface area contributed by atoms with Crippen molar-refractivity contribution in [2.45, 2.75) is 51.7 Å². The van der Waals surface area contributed by atoms with Gasteiger partial charge < -0.3 is 25.0 Å². The summed E-state index contributed by atoms with van der Waals surface area (Å²) in [6.07, 6.45) is -2.38. The van der Waals surface area contributed by atoms with Gasteiger partial charge >= 0.3 is 12.3 Å². The molecule has 0 atom stereocenters. The van der Waals surface area contributed by atoms with Gasteiger partial charge in [-0.1, -0.05) is 30.3 Å². The number of ether oxygens (including phenoxy) is 1. The Balaban J connectivity index is 0.000000271. The molecule has 0 amide bonds. The van der Waals surface area contributed by atoms with Gasteiger partial charge in [0.2, 0.25) is 0 Å². The first kappa shape index (κ1) is 25.6. The van der Waals surface area contributed by atoms with Crippen LogP contribution in [0.4, 0.5) is 13.2 Å². The number of hydrogen-bond acceptors (Lipinski definition) is 4. The number of alkyl halides is 3. The molecule has 2 aromatic carbocycles. The Morgan fingerprint density at radius 1 is 1.12 bits per heavy atom. The molecule has 1 fully saturated rings. The zero-order valence-electron chi connectivity index (χ0n) is 19.3. The molecule has 0 aliphatic carbocycles. The molecular formula is C25H30F3N3O3. The lowest BCUT2D eigenvalue weighted by atomic mass is 10.1. The normalized spacial score (nSPS) is 15.3. The minimum Gasteiger partial charge on any atom is -0.477 e. The summed E-state index contributed by atoms with van der Waals surface area (Å²) in [5.41, 5.74) is 7.29. The third kappa shape index (κ3) is 6.98. The van der Waals surface area contributed by atoms with Gasteiger partial charge in [-0.15, -0.1) is 13.2 Å². The molecule has 1 aliphatic heterocycles. The monoisotopic (exact) mass is 477 g/mol.